The maximum absolute atomic E-state index is 13.9. The van der Waals surface area contributed by atoms with Crippen molar-refractivity contribution in [3.05, 3.63) is 81.3 Å². The molecule has 37 heavy (non-hydrogen) atoms. The maximum Gasteiger partial charge on any atom is 0.253 e. The lowest BCUT2D eigenvalue weighted by atomic mass is 9.85. The monoisotopic (exact) mass is 561 g/mol. The van der Waals surface area contributed by atoms with Crippen LogP contribution in [0.25, 0.3) is 0 Å². The van der Waals surface area contributed by atoms with Gasteiger partial charge < -0.3 is 21.1 Å². The highest BCUT2D eigenvalue weighted by Gasteiger charge is 2.48. The third-order valence-electron chi connectivity index (χ3n) is 5.88. The van der Waals surface area contributed by atoms with Crippen molar-refractivity contribution in [2.75, 3.05) is 12.4 Å². The highest BCUT2D eigenvalue weighted by molar-refractivity contribution is 7.91. The Morgan fingerprint density at radius 1 is 1.03 bits per heavy atom. The van der Waals surface area contributed by atoms with Gasteiger partial charge in [-0.25, -0.2) is 8.42 Å². The predicted molar refractivity (Wildman–Crippen MR) is 142 cm³/mol. The standard InChI is InChI=1S/C26H25Cl2N3O5S/c1-25(2,3)31-23(32)14-9-10-20(19(11-14)36-4)37(34,35)21-13-15(27)12-17-22(21)30-24(33)26(17,29)16-7-5-6-8-18(16)28/h5-13H,29H2,1-4H3,(H,30,33)(H,31,32). The fraction of sp³-hybridized carbons (Fsp3) is 0.231. The molecular weight excluding hydrogens is 537 g/mol. The lowest BCUT2D eigenvalue weighted by Gasteiger charge is -2.24. The van der Waals surface area contributed by atoms with Gasteiger partial charge in [0.1, 0.15) is 10.6 Å². The summed E-state index contributed by atoms with van der Waals surface area (Å²) in [4.78, 5) is 25.3. The molecule has 0 spiro atoms. The van der Waals surface area contributed by atoms with Crippen LogP contribution in [0.3, 0.4) is 0 Å². The van der Waals surface area contributed by atoms with E-state index in [0.717, 1.165) is 0 Å². The van der Waals surface area contributed by atoms with Gasteiger partial charge in [-0.05, 0) is 57.2 Å². The molecule has 0 fully saturated rings. The van der Waals surface area contributed by atoms with E-state index in [1.54, 1.807) is 24.3 Å². The van der Waals surface area contributed by atoms with Gasteiger partial charge in [-0.2, -0.15) is 0 Å². The van der Waals surface area contributed by atoms with Gasteiger partial charge in [-0.1, -0.05) is 41.4 Å². The lowest BCUT2D eigenvalue weighted by molar-refractivity contribution is -0.119. The van der Waals surface area contributed by atoms with Crippen LogP contribution >= 0.6 is 23.2 Å². The number of nitrogens with two attached hydrogens (primary N) is 1. The first-order chi connectivity index (χ1) is 17.2. The van der Waals surface area contributed by atoms with E-state index in [-0.39, 0.29) is 42.4 Å². The number of methoxy groups -OCH3 is 1. The van der Waals surface area contributed by atoms with Crippen LogP contribution < -0.4 is 21.1 Å². The van der Waals surface area contributed by atoms with E-state index < -0.39 is 32.7 Å². The van der Waals surface area contributed by atoms with Crippen LogP contribution in [0.5, 0.6) is 5.75 Å². The summed E-state index contributed by atoms with van der Waals surface area (Å²) in [7, 11) is -3.02. The summed E-state index contributed by atoms with van der Waals surface area (Å²) in [6.07, 6.45) is 0. The van der Waals surface area contributed by atoms with E-state index in [1.807, 2.05) is 20.8 Å². The van der Waals surface area contributed by atoms with Gasteiger partial charge >= 0.3 is 0 Å². The number of nitrogens with one attached hydrogen (secondary N) is 2. The third-order valence-corrected chi connectivity index (χ3v) is 8.25. The van der Waals surface area contributed by atoms with Crippen LogP contribution in [-0.4, -0.2) is 32.9 Å². The number of fused-ring (bicyclic) bond motifs is 1. The molecule has 1 atom stereocenters. The number of hydrogen-bond donors (Lipinski definition) is 3. The number of carbonyl (C=O) groups excluding carboxylic acids is 2. The van der Waals surface area contributed by atoms with Crippen molar-refractivity contribution in [1.82, 2.24) is 5.32 Å². The molecule has 1 heterocycles. The molecule has 2 amide bonds. The molecule has 1 unspecified atom stereocenters. The quantitative estimate of drug-likeness (QED) is 0.420. The minimum absolute atomic E-state index is 0.00609. The average Bonchev–Trinajstić information content (AvgIpc) is 3.07. The number of carbonyl (C=O) groups is 2. The Hall–Kier alpha value is -3.11. The first kappa shape index (κ1) is 26.9. The van der Waals surface area contributed by atoms with Crippen molar-refractivity contribution < 1.29 is 22.7 Å². The molecule has 3 aromatic rings. The van der Waals surface area contributed by atoms with Crippen LogP contribution in [0.4, 0.5) is 5.69 Å². The number of sulfone groups is 1. The summed E-state index contributed by atoms with van der Waals surface area (Å²) < 4.78 is 33.1. The van der Waals surface area contributed by atoms with Gasteiger partial charge in [-0.15, -0.1) is 0 Å². The summed E-state index contributed by atoms with van der Waals surface area (Å²) in [6.45, 7) is 5.49. The number of hydrogen-bond acceptors (Lipinski definition) is 6. The van der Waals surface area contributed by atoms with Gasteiger partial charge in [0.25, 0.3) is 11.8 Å². The maximum atomic E-state index is 13.9. The zero-order valence-electron chi connectivity index (χ0n) is 20.5. The van der Waals surface area contributed by atoms with Crippen LogP contribution in [0, 0.1) is 0 Å². The Kier molecular flexibility index (Phi) is 6.79. The molecule has 0 saturated carbocycles. The number of ether oxygens (including phenoxy) is 1. The molecule has 194 valence electrons. The summed E-state index contributed by atoms with van der Waals surface area (Å²) in [5.41, 5.74) is 5.00. The van der Waals surface area contributed by atoms with E-state index in [0.29, 0.717) is 5.56 Å². The summed E-state index contributed by atoms with van der Waals surface area (Å²) >= 11 is 12.7. The van der Waals surface area contributed by atoms with Gasteiger partial charge in [0.2, 0.25) is 9.84 Å². The fourth-order valence-electron chi connectivity index (χ4n) is 4.18. The molecule has 4 N–H and O–H groups in total. The molecule has 3 aromatic carbocycles. The first-order valence-corrected chi connectivity index (χ1v) is 13.4. The lowest BCUT2D eigenvalue weighted by Crippen LogP contribution is -2.44. The molecule has 0 radical (unpaired) electrons. The topological polar surface area (TPSA) is 128 Å². The van der Waals surface area contributed by atoms with Crippen molar-refractivity contribution in [2.45, 2.75) is 41.6 Å². The van der Waals surface area contributed by atoms with Crippen LogP contribution in [-0.2, 0) is 20.2 Å². The van der Waals surface area contributed by atoms with E-state index in [9.17, 15) is 18.0 Å². The molecule has 0 bridgehead atoms. The summed E-state index contributed by atoms with van der Waals surface area (Å²) in [5, 5.41) is 5.72. The van der Waals surface area contributed by atoms with E-state index >= 15 is 0 Å². The minimum Gasteiger partial charge on any atom is -0.495 e. The molecule has 0 aliphatic carbocycles. The van der Waals surface area contributed by atoms with Crippen molar-refractivity contribution in [3.8, 4) is 5.75 Å². The Morgan fingerprint density at radius 3 is 2.32 bits per heavy atom. The van der Waals surface area contributed by atoms with Crippen LogP contribution in [0.15, 0.2) is 64.4 Å². The molecular formula is C26H25Cl2N3O5S. The predicted octanol–water partition coefficient (Wildman–Crippen LogP) is 4.52. The van der Waals surface area contributed by atoms with E-state index in [2.05, 4.69) is 10.6 Å². The summed E-state index contributed by atoms with van der Waals surface area (Å²) in [5.74, 6) is -1.10. The number of amides is 2. The second kappa shape index (κ2) is 9.33. The number of rotatable bonds is 5. The van der Waals surface area contributed by atoms with Crippen molar-refractivity contribution in [3.63, 3.8) is 0 Å². The third kappa shape index (κ3) is 4.68. The second-order valence-corrected chi connectivity index (χ2v) is 12.4. The highest BCUT2D eigenvalue weighted by Crippen LogP contribution is 2.47. The Balaban J connectivity index is 1.88. The molecule has 0 aromatic heterocycles. The Morgan fingerprint density at radius 2 is 1.70 bits per heavy atom. The number of benzene rings is 3. The largest absolute Gasteiger partial charge is 0.495 e. The second-order valence-electron chi connectivity index (χ2n) is 9.64. The first-order valence-electron chi connectivity index (χ1n) is 11.1. The van der Waals surface area contributed by atoms with Crippen molar-refractivity contribution in [2.24, 2.45) is 5.73 Å². The number of anilines is 1. The molecule has 0 saturated heterocycles. The fourth-order valence-corrected chi connectivity index (χ4v) is 6.35. The Bertz CT molecular complexity index is 1550. The molecule has 1 aliphatic heterocycles. The molecule has 4 rings (SSSR count). The van der Waals surface area contributed by atoms with Crippen molar-refractivity contribution in [1.29, 1.82) is 0 Å². The SMILES string of the molecule is COc1cc(C(=O)NC(C)(C)C)ccc1S(=O)(=O)c1cc(Cl)cc2c1NC(=O)C2(N)c1ccccc1Cl. The smallest absolute Gasteiger partial charge is 0.253 e. The van der Waals surface area contributed by atoms with E-state index in [4.69, 9.17) is 33.7 Å². The van der Waals surface area contributed by atoms with Gasteiger partial charge in [-0.3, -0.25) is 9.59 Å². The molecule has 11 heteroatoms. The minimum atomic E-state index is -4.32. The van der Waals surface area contributed by atoms with Gasteiger partial charge in [0.05, 0.1) is 17.7 Å². The van der Waals surface area contributed by atoms with Crippen LogP contribution in [0.1, 0.15) is 42.3 Å². The normalized spacial score (nSPS) is 17.2. The molecule has 8 nitrogen and oxygen atoms in total. The Labute approximate surface area is 225 Å². The zero-order chi connectivity index (χ0) is 27.3. The van der Waals surface area contributed by atoms with E-state index in [1.165, 1.54) is 37.4 Å². The van der Waals surface area contributed by atoms with Crippen LogP contribution in [0.2, 0.25) is 10.0 Å². The average molecular weight is 562 g/mol. The number of halogens is 2. The van der Waals surface area contributed by atoms with Gasteiger partial charge in [0, 0.05) is 32.3 Å². The molecule has 1 aliphatic rings. The highest BCUT2D eigenvalue weighted by atomic mass is 35.5. The summed E-state index contributed by atoms with van der Waals surface area (Å²) in [6, 6.07) is 13.2. The van der Waals surface area contributed by atoms with Crippen molar-refractivity contribution >= 4 is 50.5 Å². The zero-order valence-corrected chi connectivity index (χ0v) is 22.8. The van der Waals surface area contributed by atoms with Gasteiger partial charge in [0.15, 0.2) is 5.54 Å².